The number of ether oxygens (including phenoxy) is 1. The number of nitrogens with zero attached hydrogens (tertiary/aromatic N) is 1. The van der Waals surface area contributed by atoms with E-state index >= 15 is 0 Å². The Labute approximate surface area is 128 Å². The molecule has 118 valence electrons. The first-order valence-electron chi connectivity index (χ1n) is 7.85. The second kappa shape index (κ2) is 7.78. The van der Waals surface area contributed by atoms with Gasteiger partial charge in [-0.3, -0.25) is 0 Å². The van der Waals surface area contributed by atoms with Gasteiger partial charge in [0.15, 0.2) is 0 Å². The molecule has 2 rings (SSSR count). The Hall–Kier alpha value is -1.10. The molecule has 21 heavy (non-hydrogen) atoms. The molecule has 4 heteroatoms. The largest absolute Gasteiger partial charge is 0.496 e. The van der Waals surface area contributed by atoms with Crippen molar-refractivity contribution >= 4 is 0 Å². The minimum absolute atomic E-state index is 0.288. The fourth-order valence-electron chi connectivity index (χ4n) is 3.17. The molecule has 1 unspecified atom stereocenters. The monoisotopic (exact) mass is 292 g/mol. The molecule has 0 aromatic heterocycles. The van der Waals surface area contributed by atoms with Crippen LogP contribution in [0, 0.1) is 13.8 Å². The molecule has 1 fully saturated rings. The lowest BCUT2D eigenvalue weighted by Crippen LogP contribution is -2.36. The molecule has 1 aliphatic rings. The van der Waals surface area contributed by atoms with Gasteiger partial charge in [-0.1, -0.05) is 12.1 Å². The van der Waals surface area contributed by atoms with Crippen LogP contribution in [0.25, 0.3) is 0 Å². The van der Waals surface area contributed by atoms with Crippen LogP contribution in [-0.2, 0) is 6.54 Å². The van der Waals surface area contributed by atoms with Crippen LogP contribution in [0.15, 0.2) is 12.1 Å². The van der Waals surface area contributed by atoms with Crippen LogP contribution in [0.2, 0.25) is 0 Å². The zero-order valence-electron chi connectivity index (χ0n) is 13.5. The number of methoxy groups -OCH3 is 1. The van der Waals surface area contributed by atoms with Gasteiger partial charge in [0.2, 0.25) is 0 Å². The fourth-order valence-corrected chi connectivity index (χ4v) is 3.17. The maximum atomic E-state index is 10.1. The Morgan fingerprint density at radius 1 is 1.24 bits per heavy atom. The summed E-state index contributed by atoms with van der Waals surface area (Å²) in [6.45, 7) is 8.61. The lowest BCUT2D eigenvalue weighted by atomic mass is 10.1. The van der Waals surface area contributed by atoms with Gasteiger partial charge in [0, 0.05) is 19.6 Å². The molecule has 4 nitrogen and oxygen atoms in total. The molecule has 1 heterocycles. The summed E-state index contributed by atoms with van der Waals surface area (Å²) >= 11 is 0. The molecule has 1 aromatic rings. The maximum Gasteiger partial charge on any atom is 0.124 e. The van der Waals surface area contributed by atoms with Gasteiger partial charge in [-0.2, -0.15) is 0 Å². The van der Waals surface area contributed by atoms with Gasteiger partial charge in [0.05, 0.1) is 13.2 Å². The van der Waals surface area contributed by atoms with Crippen molar-refractivity contribution in [3.05, 3.63) is 28.8 Å². The Balaban J connectivity index is 1.77. The Kier molecular flexibility index (Phi) is 6.03. The fraction of sp³-hybridized carbons (Fsp3) is 0.647. The summed E-state index contributed by atoms with van der Waals surface area (Å²) in [6.07, 6.45) is 2.25. The number of aliphatic hydroxyl groups is 1. The number of aliphatic hydroxyl groups excluding tert-OH is 1. The van der Waals surface area contributed by atoms with E-state index in [2.05, 4.69) is 36.2 Å². The number of rotatable bonds is 7. The van der Waals surface area contributed by atoms with E-state index < -0.39 is 0 Å². The highest BCUT2D eigenvalue weighted by Crippen LogP contribution is 2.24. The van der Waals surface area contributed by atoms with Gasteiger partial charge in [-0.25, -0.2) is 0 Å². The maximum absolute atomic E-state index is 10.1. The van der Waals surface area contributed by atoms with Crippen LogP contribution in [0.4, 0.5) is 0 Å². The first-order chi connectivity index (χ1) is 10.1. The highest BCUT2D eigenvalue weighted by molar-refractivity contribution is 5.43. The van der Waals surface area contributed by atoms with Crippen LogP contribution in [0.5, 0.6) is 5.75 Å². The predicted octanol–water partition coefficient (Wildman–Crippen LogP) is 1.86. The third kappa shape index (κ3) is 4.70. The van der Waals surface area contributed by atoms with E-state index in [1.54, 1.807) is 7.11 Å². The van der Waals surface area contributed by atoms with E-state index in [4.69, 9.17) is 4.74 Å². The van der Waals surface area contributed by atoms with E-state index in [0.717, 1.165) is 43.1 Å². The Morgan fingerprint density at radius 2 is 1.86 bits per heavy atom. The number of likely N-dealkylation sites (tertiary alicyclic amines) is 1. The van der Waals surface area contributed by atoms with Crippen molar-refractivity contribution in [3.63, 3.8) is 0 Å². The van der Waals surface area contributed by atoms with Gasteiger partial charge in [-0.15, -0.1) is 0 Å². The summed E-state index contributed by atoms with van der Waals surface area (Å²) in [5.41, 5.74) is 3.55. The summed E-state index contributed by atoms with van der Waals surface area (Å²) in [4.78, 5) is 2.34. The highest BCUT2D eigenvalue weighted by atomic mass is 16.5. The van der Waals surface area contributed by atoms with E-state index in [0.29, 0.717) is 6.54 Å². The van der Waals surface area contributed by atoms with Gasteiger partial charge in [-0.05, 0) is 56.5 Å². The molecule has 0 bridgehead atoms. The topological polar surface area (TPSA) is 44.7 Å². The number of hydrogen-bond acceptors (Lipinski definition) is 4. The summed E-state index contributed by atoms with van der Waals surface area (Å²) in [7, 11) is 1.71. The summed E-state index contributed by atoms with van der Waals surface area (Å²) in [6, 6.07) is 4.29. The normalized spacial score (nSPS) is 17.1. The minimum atomic E-state index is -0.288. The number of hydrogen-bond donors (Lipinski definition) is 2. The lowest BCUT2D eigenvalue weighted by Gasteiger charge is -2.19. The van der Waals surface area contributed by atoms with Crippen molar-refractivity contribution in [2.45, 2.75) is 39.3 Å². The lowest BCUT2D eigenvalue weighted by molar-refractivity contribution is 0.123. The molecule has 0 radical (unpaired) electrons. The van der Waals surface area contributed by atoms with Gasteiger partial charge < -0.3 is 20.1 Å². The molecular formula is C17H28N2O2. The molecule has 0 amide bonds. The van der Waals surface area contributed by atoms with Crippen molar-refractivity contribution in [2.75, 3.05) is 33.3 Å². The second-order valence-corrected chi connectivity index (χ2v) is 6.06. The minimum Gasteiger partial charge on any atom is -0.496 e. The zero-order valence-corrected chi connectivity index (χ0v) is 13.5. The second-order valence-electron chi connectivity index (χ2n) is 6.06. The van der Waals surface area contributed by atoms with Crippen LogP contribution in [0.1, 0.15) is 29.5 Å². The number of aryl methyl sites for hydroxylation is 2. The van der Waals surface area contributed by atoms with Crippen molar-refractivity contribution in [1.82, 2.24) is 10.2 Å². The first-order valence-corrected chi connectivity index (χ1v) is 7.85. The van der Waals surface area contributed by atoms with Crippen LogP contribution >= 0.6 is 0 Å². The zero-order chi connectivity index (χ0) is 15.2. The van der Waals surface area contributed by atoms with Crippen molar-refractivity contribution in [1.29, 1.82) is 0 Å². The molecule has 0 aliphatic carbocycles. The smallest absolute Gasteiger partial charge is 0.124 e. The average Bonchev–Trinajstić information content (AvgIpc) is 2.91. The Morgan fingerprint density at radius 3 is 2.43 bits per heavy atom. The molecule has 1 saturated heterocycles. The molecule has 1 atom stereocenters. The number of nitrogens with one attached hydrogen (secondary N) is 1. The third-order valence-electron chi connectivity index (χ3n) is 4.10. The average molecular weight is 292 g/mol. The van der Waals surface area contributed by atoms with Crippen molar-refractivity contribution in [3.8, 4) is 5.75 Å². The molecule has 1 aliphatic heterocycles. The summed E-state index contributed by atoms with van der Waals surface area (Å²) in [5, 5.41) is 13.4. The predicted molar refractivity (Wildman–Crippen MR) is 85.9 cm³/mol. The standard InChI is InChI=1S/C17H28N2O2/c1-13-8-15(9-14(2)17(13)21-3)10-18-11-16(20)12-19-6-4-5-7-19/h8-9,16,18,20H,4-7,10-12H2,1-3H3. The third-order valence-corrected chi connectivity index (χ3v) is 4.10. The van der Waals surface area contributed by atoms with Gasteiger partial charge in [0.1, 0.15) is 5.75 Å². The molecular weight excluding hydrogens is 264 g/mol. The van der Waals surface area contributed by atoms with Gasteiger partial charge in [0.25, 0.3) is 0 Å². The summed E-state index contributed by atoms with van der Waals surface area (Å²) < 4.78 is 5.38. The van der Waals surface area contributed by atoms with Crippen LogP contribution in [-0.4, -0.2) is 49.4 Å². The van der Waals surface area contributed by atoms with E-state index in [1.807, 2.05) is 0 Å². The summed E-state index contributed by atoms with van der Waals surface area (Å²) in [5.74, 6) is 0.966. The van der Waals surface area contributed by atoms with E-state index in [-0.39, 0.29) is 6.10 Å². The number of benzene rings is 1. The molecule has 0 spiro atoms. The molecule has 1 aromatic carbocycles. The highest BCUT2D eigenvalue weighted by Gasteiger charge is 2.15. The Bertz CT molecular complexity index is 433. The van der Waals surface area contributed by atoms with Crippen molar-refractivity contribution < 1.29 is 9.84 Å². The van der Waals surface area contributed by atoms with Crippen molar-refractivity contribution in [2.24, 2.45) is 0 Å². The first kappa shape index (κ1) is 16.3. The SMILES string of the molecule is COc1c(C)cc(CNCC(O)CN2CCCC2)cc1C. The van der Waals surface area contributed by atoms with Gasteiger partial charge >= 0.3 is 0 Å². The molecule has 0 saturated carbocycles. The van der Waals surface area contributed by atoms with Crippen LogP contribution in [0.3, 0.4) is 0 Å². The van der Waals surface area contributed by atoms with Crippen LogP contribution < -0.4 is 10.1 Å². The number of β-amino-alcohol motifs (C(OH)–C–C–N with tert-alkyl or cyclic N) is 1. The quantitative estimate of drug-likeness (QED) is 0.805. The molecule has 2 N–H and O–H groups in total. The van der Waals surface area contributed by atoms with E-state index in [9.17, 15) is 5.11 Å². The van der Waals surface area contributed by atoms with E-state index in [1.165, 1.54) is 18.4 Å².